The van der Waals surface area contributed by atoms with Crippen molar-refractivity contribution < 1.29 is 124 Å². The van der Waals surface area contributed by atoms with Gasteiger partial charge < -0.3 is 18.4 Å². The highest BCUT2D eigenvalue weighted by atomic mass is 19.4. The highest BCUT2D eigenvalue weighted by Crippen LogP contribution is 2.45. The van der Waals surface area contributed by atoms with Gasteiger partial charge in [-0.3, -0.25) is 0 Å². The zero-order valence-corrected chi connectivity index (χ0v) is 37.4. The molecule has 0 atom stereocenters. The Morgan fingerprint density at radius 2 is 0.797 bits per heavy atom. The van der Waals surface area contributed by atoms with Crippen LogP contribution in [-0.4, -0.2) is 31.4 Å². The second kappa shape index (κ2) is 23.3. The standard InChI is InChI=1S/C37H33BF18NO3.C8H3F6/c1-4-7-8-9-12-57(10-5-2,11-6-3)21-29-30(37(54,55)56)19-26(36(51,52)53)20-31(29)60-38(58-27-15-22(32(39,40)41)13-23(16-27)33(42,43)44)59-28-17-24(34(45,46)47)14-25(18-28)35(48,49)50;9-7(10,11)5-2-1-3-6(4-5)8(12,13)14/h5-6,13-20H,2-4,7-12,21H2,1H3;2-4H/q+1;-1. The van der Waals surface area contributed by atoms with Crippen LogP contribution in [0.5, 0.6) is 17.2 Å². The van der Waals surface area contributed by atoms with Gasteiger partial charge in [0.2, 0.25) is 0 Å². The monoisotopic (exact) mass is 1110 g/mol. The lowest BCUT2D eigenvalue weighted by molar-refractivity contribution is -0.930. The van der Waals surface area contributed by atoms with Crippen LogP contribution in [0.3, 0.4) is 0 Å². The summed E-state index contributed by atoms with van der Waals surface area (Å²) < 4.78 is 338. The van der Waals surface area contributed by atoms with Crippen LogP contribution in [0.1, 0.15) is 82.7 Å². The molecule has 4 aromatic carbocycles. The van der Waals surface area contributed by atoms with Crippen LogP contribution in [0.4, 0.5) is 105 Å². The Hall–Kier alpha value is -5.90. The molecular weight excluding hydrogens is 1070 g/mol. The van der Waals surface area contributed by atoms with Crippen molar-refractivity contribution in [3.8, 4) is 17.2 Å². The van der Waals surface area contributed by atoms with Crippen molar-refractivity contribution in [2.24, 2.45) is 0 Å². The van der Waals surface area contributed by atoms with E-state index in [0.717, 1.165) is 0 Å². The predicted octanol–water partition coefficient (Wildman–Crippen LogP) is 17.1. The number of hydrogen-bond donors (Lipinski definition) is 0. The zero-order valence-electron chi connectivity index (χ0n) is 37.4. The van der Waals surface area contributed by atoms with Gasteiger partial charge in [0.25, 0.3) is 0 Å². The minimum atomic E-state index is -5.67. The number of hydrogen-bond acceptors (Lipinski definition) is 3. The van der Waals surface area contributed by atoms with E-state index in [0.29, 0.717) is 37.8 Å². The third-order valence-corrected chi connectivity index (χ3v) is 10.1. The van der Waals surface area contributed by atoms with Crippen molar-refractivity contribution in [1.29, 1.82) is 0 Å². The van der Waals surface area contributed by atoms with Gasteiger partial charge in [-0.15, -0.1) is 6.07 Å². The lowest BCUT2D eigenvalue weighted by Crippen LogP contribution is -2.49. The first-order valence-corrected chi connectivity index (χ1v) is 20.7. The Balaban J connectivity index is 0.000000886. The van der Waals surface area contributed by atoms with Gasteiger partial charge in [0, 0.05) is 0 Å². The SMILES string of the molecule is C=CC[N+](CC=C)(CCCCCC)Cc1c(OB(Oc2cc(C(F)(F)F)cc(C(F)(F)F)c2)Oc2cc(C(F)(F)F)cc(C(F)(F)F)c2)cc(C(F)(F)F)cc1C(F)(F)F.FC(F)(F)c1c[c-]cc(C(F)(F)F)c1. The maximum absolute atomic E-state index is 14.8. The van der Waals surface area contributed by atoms with Crippen LogP contribution in [0, 0.1) is 6.07 Å². The highest BCUT2D eigenvalue weighted by molar-refractivity contribution is 6.39. The van der Waals surface area contributed by atoms with Crippen molar-refractivity contribution in [3.05, 3.63) is 148 Å². The maximum atomic E-state index is 14.8. The normalized spacial score (nSPS) is 13.2. The molecule has 0 bridgehead atoms. The zero-order chi connectivity index (χ0) is 56.7. The summed E-state index contributed by atoms with van der Waals surface area (Å²) in [6, 6.07) is 0.818. The molecule has 0 saturated heterocycles. The fraction of sp³-hybridized carbons (Fsp3) is 0.378. The van der Waals surface area contributed by atoms with E-state index in [1.54, 1.807) is 6.07 Å². The summed E-state index contributed by atoms with van der Waals surface area (Å²) in [6.07, 6.45) is -38.5. The number of quaternary nitrogens is 1. The van der Waals surface area contributed by atoms with E-state index in [-0.39, 0.29) is 62.1 Å². The molecule has 0 aromatic heterocycles. The molecule has 4 aromatic rings. The van der Waals surface area contributed by atoms with Crippen molar-refractivity contribution in [1.82, 2.24) is 0 Å². The van der Waals surface area contributed by atoms with Gasteiger partial charge in [-0.25, -0.2) is 0 Å². The van der Waals surface area contributed by atoms with Crippen molar-refractivity contribution in [2.45, 2.75) is 88.6 Å². The molecule has 4 nitrogen and oxygen atoms in total. The van der Waals surface area contributed by atoms with Crippen LogP contribution in [0.2, 0.25) is 0 Å². The Bertz CT molecular complexity index is 2340. The molecule has 0 N–H and O–H groups in total. The lowest BCUT2D eigenvalue weighted by atomic mass is 9.98. The average Bonchev–Trinajstić information content (AvgIpc) is 3.23. The van der Waals surface area contributed by atoms with Crippen molar-refractivity contribution in [2.75, 3.05) is 19.6 Å². The minimum Gasteiger partial charge on any atom is -0.490 e. The smallest absolute Gasteiger partial charge is 0.490 e. The summed E-state index contributed by atoms with van der Waals surface area (Å²) >= 11 is 0. The molecular formula is C45H36BF24NO3. The Labute approximate surface area is 404 Å². The van der Waals surface area contributed by atoms with E-state index in [4.69, 9.17) is 14.0 Å². The van der Waals surface area contributed by atoms with Crippen LogP contribution in [0.25, 0.3) is 0 Å². The van der Waals surface area contributed by atoms with Gasteiger partial charge in [0.15, 0.2) is 0 Å². The summed E-state index contributed by atoms with van der Waals surface area (Å²) in [5.41, 5.74) is -16.4. The van der Waals surface area contributed by atoms with E-state index in [1.165, 1.54) is 12.2 Å². The second-order valence-corrected chi connectivity index (χ2v) is 15.9. The number of benzene rings is 4. The molecule has 0 aliphatic heterocycles. The summed E-state index contributed by atoms with van der Waals surface area (Å²) in [4.78, 5) is 0. The van der Waals surface area contributed by atoms with Crippen LogP contribution >= 0.6 is 0 Å². The first kappa shape index (κ1) is 62.4. The van der Waals surface area contributed by atoms with E-state index in [9.17, 15) is 105 Å². The maximum Gasteiger partial charge on any atom is 0.864 e. The molecule has 0 aliphatic rings. The summed E-state index contributed by atoms with van der Waals surface area (Å²) in [5, 5.41) is 0. The van der Waals surface area contributed by atoms with E-state index >= 15 is 0 Å². The molecule has 0 heterocycles. The van der Waals surface area contributed by atoms with Crippen molar-refractivity contribution in [3.63, 3.8) is 0 Å². The fourth-order valence-electron chi connectivity index (χ4n) is 6.74. The molecule has 29 heteroatoms. The third kappa shape index (κ3) is 18.2. The summed E-state index contributed by atoms with van der Waals surface area (Å²) in [6.45, 7) is 7.74. The molecule has 0 amide bonds. The van der Waals surface area contributed by atoms with Gasteiger partial charge in [0.05, 0.1) is 58.6 Å². The fourth-order valence-corrected chi connectivity index (χ4v) is 6.74. The molecule has 74 heavy (non-hydrogen) atoms. The number of nitrogens with zero attached hydrogens (tertiary/aromatic N) is 1. The van der Waals surface area contributed by atoms with Crippen LogP contribution in [-0.2, 0) is 56.0 Å². The van der Waals surface area contributed by atoms with Gasteiger partial charge in [-0.05, 0) is 73.5 Å². The first-order valence-electron chi connectivity index (χ1n) is 20.7. The van der Waals surface area contributed by atoms with Crippen LogP contribution < -0.4 is 14.0 Å². The molecule has 410 valence electrons. The predicted molar refractivity (Wildman–Crippen MR) is 215 cm³/mol. The molecule has 4 rings (SSSR count). The summed E-state index contributed by atoms with van der Waals surface area (Å²) in [7, 11) is -3.30. The third-order valence-electron chi connectivity index (χ3n) is 10.1. The lowest BCUT2D eigenvalue weighted by Gasteiger charge is -2.38. The highest BCUT2D eigenvalue weighted by Gasteiger charge is 2.46. The first-order chi connectivity index (χ1) is 33.5. The average molecular weight is 1110 g/mol. The number of halogens is 24. The number of rotatable bonds is 17. The van der Waals surface area contributed by atoms with Crippen LogP contribution in [0.15, 0.2) is 92.0 Å². The van der Waals surface area contributed by atoms with E-state index in [2.05, 4.69) is 13.2 Å². The Morgan fingerprint density at radius 3 is 1.12 bits per heavy atom. The van der Waals surface area contributed by atoms with Gasteiger partial charge >= 0.3 is 56.7 Å². The largest absolute Gasteiger partial charge is 0.864 e. The number of unbranched alkanes of at least 4 members (excludes halogenated alkanes) is 3. The molecule has 0 spiro atoms. The second-order valence-electron chi connectivity index (χ2n) is 15.9. The van der Waals surface area contributed by atoms with Gasteiger partial charge in [-0.2, -0.15) is 124 Å². The molecule has 0 unspecified atom stereocenters. The quantitative estimate of drug-likeness (QED) is 0.0263. The van der Waals surface area contributed by atoms with E-state index in [1.807, 2.05) is 6.92 Å². The molecule has 0 radical (unpaired) electrons. The van der Waals surface area contributed by atoms with E-state index < -0.39 is 147 Å². The van der Waals surface area contributed by atoms with Gasteiger partial charge in [-0.1, -0.05) is 44.1 Å². The molecule has 0 aliphatic carbocycles. The molecule has 0 saturated carbocycles. The Morgan fingerprint density at radius 1 is 0.446 bits per heavy atom. The Kier molecular flexibility index (Phi) is 19.7. The van der Waals surface area contributed by atoms with Gasteiger partial charge in [0.1, 0.15) is 23.8 Å². The number of alkyl halides is 24. The minimum absolute atomic E-state index is 0.0150. The molecule has 0 fully saturated rings. The van der Waals surface area contributed by atoms with Crippen molar-refractivity contribution >= 4 is 7.32 Å². The topological polar surface area (TPSA) is 27.7 Å². The summed E-state index contributed by atoms with van der Waals surface area (Å²) in [5.74, 6) is -4.74.